The van der Waals surface area contributed by atoms with Crippen LogP contribution < -0.4 is 0 Å². The molecule has 0 amide bonds. The van der Waals surface area contributed by atoms with E-state index < -0.39 is 11.6 Å². The highest BCUT2D eigenvalue weighted by atomic mass is 32.1. The zero-order chi connectivity index (χ0) is 7.62. The van der Waals surface area contributed by atoms with Gasteiger partial charge in [-0.05, 0) is 19.3 Å². The lowest BCUT2D eigenvalue weighted by Crippen LogP contribution is -2.69. The molecule has 58 valence electrons. The molecule has 3 rings (SSSR count). The van der Waals surface area contributed by atoms with Crippen LogP contribution in [-0.2, 0) is 0 Å². The molecule has 0 radical (unpaired) electrons. The molecule has 3 aliphatic carbocycles. The largest absolute Gasteiger partial charge is 0.394 e. The monoisotopic (exact) mass is 168 g/mol. The van der Waals surface area contributed by atoms with Crippen molar-refractivity contribution in [3.05, 3.63) is 0 Å². The Bertz CT molecular complexity index is 164. The average Bonchev–Trinajstić information content (AvgIpc) is 1.51. The Morgan fingerprint density at radius 2 is 1.50 bits per heavy atom. The molecule has 0 unspecified atom stereocenters. The van der Waals surface area contributed by atoms with Crippen LogP contribution in [0.4, 0.5) is 13.2 Å². The van der Waals surface area contributed by atoms with E-state index in [2.05, 4.69) is 12.6 Å². The molecule has 2 bridgehead atoms. The fourth-order valence-electron chi connectivity index (χ4n) is 2.03. The minimum absolute atomic E-state index is 0.241. The van der Waals surface area contributed by atoms with Crippen LogP contribution in [-0.4, -0.2) is 10.9 Å². The third-order valence-corrected chi connectivity index (χ3v) is 3.08. The SMILES string of the molecule is FC(F)(F)C12CC(S)(C1)C2. The normalized spacial score (nSPS) is 51.6. The van der Waals surface area contributed by atoms with Gasteiger partial charge in [0.05, 0.1) is 5.41 Å². The predicted octanol–water partition coefficient (Wildman–Crippen LogP) is 2.40. The Hall–Kier alpha value is 0.140. The maximum atomic E-state index is 12.1. The first-order valence-electron chi connectivity index (χ1n) is 3.16. The Labute approximate surface area is 62.2 Å². The molecule has 10 heavy (non-hydrogen) atoms. The van der Waals surface area contributed by atoms with Crippen LogP contribution in [0.2, 0.25) is 0 Å². The van der Waals surface area contributed by atoms with E-state index in [0.29, 0.717) is 0 Å². The van der Waals surface area contributed by atoms with Gasteiger partial charge in [-0.25, -0.2) is 0 Å². The lowest BCUT2D eigenvalue weighted by Gasteiger charge is -2.68. The van der Waals surface area contributed by atoms with Crippen molar-refractivity contribution in [2.45, 2.75) is 30.2 Å². The Kier molecular flexibility index (Phi) is 0.925. The van der Waals surface area contributed by atoms with Crippen LogP contribution in [0.15, 0.2) is 0 Å². The van der Waals surface area contributed by atoms with Gasteiger partial charge in [-0.1, -0.05) is 0 Å². The van der Waals surface area contributed by atoms with Crippen LogP contribution in [0, 0.1) is 5.41 Å². The Morgan fingerprint density at radius 3 is 1.60 bits per heavy atom. The van der Waals surface area contributed by atoms with Crippen molar-refractivity contribution >= 4 is 12.6 Å². The first-order chi connectivity index (χ1) is 4.37. The maximum Gasteiger partial charge on any atom is 0.394 e. The fourth-order valence-corrected chi connectivity index (χ4v) is 2.94. The second kappa shape index (κ2) is 1.36. The predicted molar refractivity (Wildman–Crippen MR) is 34.1 cm³/mol. The molecule has 3 fully saturated rings. The summed E-state index contributed by atoms with van der Waals surface area (Å²) in [5, 5.41) is 0. The summed E-state index contributed by atoms with van der Waals surface area (Å²) in [5.74, 6) is 0. The summed E-state index contributed by atoms with van der Waals surface area (Å²) in [6.45, 7) is 0. The van der Waals surface area contributed by atoms with Crippen molar-refractivity contribution in [1.29, 1.82) is 0 Å². The van der Waals surface area contributed by atoms with Gasteiger partial charge >= 0.3 is 6.18 Å². The van der Waals surface area contributed by atoms with E-state index in [0.717, 1.165) is 0 Å². The maximum absolute atomic E-state index is 12.1. The molecular formula is C6H7F3S. The molecule has 4 heteroatoms. The lowest BCUT2D eigenvalue weighted by molar-refractivity contribution is -0.312. The highest BCUT2D eigenvalue weighted by Crippen LogP contribution is 2.75. The molecule has 3 aliphatic rings. The summed E-state index contributed by atoms with van der Waals surface area (Å²) in [6, 6.07) is 0. The third kappa shape index (κ3) is 0.563. The fraction of sp³-hybridized carbons (Fsp3) is 1.00. The van der Waals surface area contributed by atoms with Crippen LogP contribution in [0.3, 0.4) is 0 Å². The second-order valence-corrected chi connectivity index (χ2v) is 4.48. The molecule has 0 saturated heterocycles. The van der Waals surface area contributed by atoms with Gasteiger partial charge in [0.25, 0.3) is 0 Å². The quantitative estimate of drug-likeness (QED) is 0.527. The third-order valence-electron chi connectivity index (χ3n) is 2.60. The Balaban J connectivity index is 2.11. The highest BCUT2D eigenvalue weighted by Gasteiger charge is 2.77. The molecule has 0 heterocycles. The van der Waals surface area contributed by atoms with Gasteiger partial charge in [-0.3, -0.25) is 0 Å². The van der Waals surface area contributed by atoms with Crippen molar-refractivity contribution in [1.82, 2.24) is 0 Å². The number of hydrogen-bond donors (Lipinski definition) is 1. The van der Waals surface area contributed by atoms with E-state index in [-0.39, 0.29) is 24.0 Å². The molecule has 0 aliphatic heterocycles. The summed E-state index contributed by atoms with van der Waals surface area (Å²) in [5.41, 5.74) is -1.31. The zero-order valence-electron chi connectivity index (χ0n) is 5.20. The van der Waals surface area contributed by atoms with Gasteiger partial charge in [0.1, 0.15) is 0 Å². The summed E-state index contributed by atoms with van der Waals surface area (Å²) >= 11 is 4.09. The second-order valence-electron chi connectivity index (χ2n) is 3.53. The number of alkyl halides is 3. The molecule has 0 nitrogen and oxygen atoms in total. The summed E-state index contributed by atoms with van der Waals surface area (Å²) < 4.78 is 35.9. The average molecular weight is 168 g/mol. The van der Waals surface area contributed by atoms with Gasteiger partial charge in [0, 0.05) is 4.75 Å². The van der Waals surface area contributed by atoms with Crippen molar-refractivity contribution in [3.8, 4) is 0 Å². The molecule has 0 N–H and O–H groups in total. The molecule has 0 spiro atoms. The minimum Gasteiger partial charge on any atom is -0.172 e. The molecular weight excluding hydrogens is 161 g/mol. The number of halogens is 3. The summed E-state index contributed by atoms with van der Waals surface area (Å²) in [7, 11) is 0. The van der Waals surface area contributed by atoms with Crippen molar-refractivity contribution in [2.24, 2.45) is 5.41 Å². The van der Waals surface area contributed by atoms with E-state index in [9.17, 15) is 13.2 Å². The van der Waals surface area contributed by atoms with Crippen LogP contribution >= 0.6 is 12.6 Å². The molecule has 0 aromatic carbocycles. The van der Waals surface area contributed by atoms with Crippen molar-refractivity contribution in [3.63, 3.8) is 0 Å². The molecule has 0 aromatic heterocycles. The van der Waals surface area contributed by atoms with Gasteiger partial charge in [0.2, 0.25) is 0 Å². The summed E-state index contributed by atoms with van der Waals surface area (Å²) in [4.78, 5) is 0. The van der Waals surface area contributed by atoms with E-state index in [4.69, 9.17) is 0 Å². The summed E-state index contributed by atoms with van der Waals surface area (Å²) in [6.07, 6.45) is -3.25. The van der Waals surface area contributed by atoms with Gasteiger partial charge in [-0.2, -0.15) is 25.8 Å². The zero-order valence-corrected chi connectivity index (χ0v) is 6.10. The smallest absolute Gasteiger partial charge is 0.172 e. The van der Waals surface area contributed by atoms with Gasteiger partial charge in [0.15, 0.2) is 0 Å². The standard InChI is InChI=1S/C6H7F3S/c7-6(8,9)4-1-5(10,2-4)3-4/h10H,1-3H2. The highest BCUT2D eigenvalue weighted by molar-refractivity contribution is 7.82. The van der Waals surface area contributed by atoms with Crippen LogP contribution in [0.1, 0.15) is 19.3 Å². The number of hydrogen-bond acceptors (Lipinski definition) is 1. The van der Waals surface area contributed by atoms with Gasteiger partial charge < -0.3 is 0 Å². The van der Waals surface area contributed by atoms with E-state index >= 15 is 0 Å². The molecule has 0 atom stereocenters. The van der Waals surface area contributed by atoms with Crippen LogP contribution in [0.25, 0.3) is 0 Å². The van der Waals surface area contributed by atoms with Gasteiger partial charge in [-0.15, -0.1) is 0 Å². The Morgan fingerprint density at radius 1 is 1.10 bits per heavy atom. The lowest BCUT2D eigenvalue weighted by atomic mass is 9.43. The van der Waals surface area contributed by atoms with Crippen molar-refractivity contribution in [2.75, 3.05) is 0 Å². The van der Waals surface area contributed by atoms with E-state index in [1.165, 1.54) is 0 Å². The van der Waals surface area contributed by atoms with Crippen LogP contribution in [0.5, 0.6) is 0 Å². The first kappa shape index (κ1) is 6.83. The number of rotatable bonds is 0. The van der Waals surface area contributed by atoms with E-state index in [1.807, 2.05) is 0 Å². The van der Waals surface area contributed by atoms with Crippen molar-refractivity contribution < 1.29 is 13.2 Å². The topological polar surface area (TPSA) is 0 Å². The molecule has 3 saturated carbocycles. The minimum atomic E-state index is -3.97. The molecule has 0 aromatic rings. The van der Waals surface area contributed by atoms with E-state index in [1.54, 1.807) is 0 Å². The first-order valence-corrected chi connectivity index (χ1v) is 3.61. The number of thiol groups is 1.